The predicted molar refractivity (Wildman–Crippen MR) is 77.5 cm³/mol. The highest BCUT2D eigenvalue weighted by Gasteiger charge is 2.50. The molecule has 1 fully saturated rings. The number of benzene rings is 1. The van der Waals surface area contributed by atoms with E-state index in [9.17, 15) is 0 Å². The molecule has 100 valence electrons. The van der Waals surface area contributed by atoms with Gasteiger partial charge in [0.2, 0.25) is 0 Å². The summed E-state index contributed by atoms with van der Waals surface area (Å²) in [4.78, 5) is 0. The van der Waals surface area contributed by atoms with Crippen LogP contribution in [-0.2, 0) is 0 Å². The van der Waals surface area contributed by atoms with Gasteiger partial charge in [-0.05, 0) is 29.5 Å². The van der Waals surface area contributed by atoms with Crippen LogP contribution >= 0.6 is 23.2 Å². The Kier molecular flexibility index (Phi) is 2.80. The van der Waals surface area contributed by atoms with Gasteiger partial charge in [0.05, 0.1) is 15.6 Å². The standard InChI is InChI=1S/C14H14Cl2N2O/c1-14(2)6-8(14)12-11(13(17)18-19-12)7-3-4-9(15)10(16)5-7/h3-5,8H,6H2,1-2H3,(H2,17,18). The van der Waals surface area contributed by atoms with Gasteiger partial charge in [0.15, 0.2) is 5.82 Å². The van der Waals surface area contributed by atoms with Crippen LogP contribution in [0.1, 0.15) is 31.9 Å². The van der Waals surface area contributed by atoms with E-state index >= 15 is 0 Å². The predicted octanol–water partition coefficient (Wildman–Crippen LogP) is 4.74. The molecular weight excluding hydrogens is 283 g/mol. The van der Waals surface area contributed by atoms with Crippen molar-refractivity contribution in [1.82, 2.24) is 5.16 Å². The molecule has 1 unspecified atom stereocenters. The first-order chi connectivity index (χ1) is 8.90. The minimum absolute atomic E-state index is 0.247. The maximum atomic E-state index is 6.06. The molecule has 1 aliphatic carbocycles. The van der Waals surface area contributed by atoms with Crippen molar-refractivity contribution >= 4 is 29.0 Å². The minimum Gasteiger partial charge on any atom is -0.380 e. The molecule has 5 heteroatoms. The van der Waals surface area contributed by atoms with Crippen LogP contribution in [-0.4, -0.2) is 5.16 Å². The van der Waals surface area contributed by atoms with Gasteiger partial charge in [-0.15, -0.1) is 0 Å². The molecule has 1 aromatic carbocycles. The maximum absolute atomic E-state index is 6.06. The molecule has 2 N–H and O–H groups in total. The zero-order valence-corrected chi connectivity index (χ0v) is 12.2. The zero-order chi connectivity index (χ0) is 13.8. The highest BCUT2D eigenvalue weighted by atomic mass is 35.5. The summed E-state index contributed by atoms with van der Waals surface area (Å²) in [7, 11) is 0. The number of halogens is 2. The molecule has 0 amide bonds. The van der Waals surface area contributed by atoms with Crippen LogP contribution in [0, 0.1) is 5.41 Å². The Morgan fingerprint density at radius 3 is 2.58 bits per heavy atom. The fraction of sp³-hybridized carbons (Fsp3) is 0.357. The van der Waals surface area contributed by atoms with Crippen LogP contribution in [0.4, 0.5) is 5.82 Å². The molecule has 1 aliphatic rings. The average molecular weight is 297 g/mol. The van der Waals surface area contributed by atoms with Gasteiger partial charge >= 0.3 is 0 Å². The number of nitrogens with zero attached hydrogens (tertiary/aromatic N) is 1. The first-order valence-corrected chi connectivity index (χ1v) is 6.86. The Labute approximate surface area is 121 Å². The molecule has 19 heavy (non-hydrogen) atoms. The lowest BCUT2D eigenvalue weighted by molar-refractivity contribution is 0.376. The Hall–Kier alpha value is -1.19. The second-order valence-corrected chi connectivity index (χ2v) is 6.50. The molecule has 1 atom stereocenters. The lowest BCUT2D eigenvalue weighted by Gasteiger charge is -2.05. The van der Waals surface area contributed by atoms with Crippen LogP contribution in [0.15, 0.2) is 22.7 Å². The first kappa shape index (κ1) is 12.8. The number of anilines is 1. The lowest BCUT2D eigenvalue weighted by Crippen LogP contribution is -1.93. The number of nitrogen functional groups attached to an aromatic ring is 1. The van der Waals surface area contributed by atoms with Crippen molar-refractivity contribution in [2.45, 2.75) is 26.2 Å². The second-order valence-electron chi connectivity index (χ2n) is 5.68. The van der Waals surface area contributed by atoms with Gasteiger partial charge in [-0.3, -0.25) is 0 Å². The third-order valence-electron chi connectivity index (χ3n) is 3.78. The summed E-state index contributed by atoms with van der Waals surface area (Å²) in [6.07, 6.45) is 1.08. The Morgan fingerprint density at radius 2 is 2.00 bits per heavy atom. The first-order valence-electron chi connectivity index (χ1n) is 6.10. The average Bonchev–Trinajstić information content (AvgIpc) is 2.80. The Balaban J connectivity index is 2.09. The number of hydrogen-bond donors (Lipinski definition) is 1. The van der Waals surface area contributed by atoms with Gasteiger partial charge in [0, 0.05) is 5.92 Å². The van der Waals surface area contributed by atoms with E-state index in [-0.39, 0.29) is 5.41 Å². The summed E-state index contributed by atoms with van der Waals surface area (Å²) < 4.78 is 5.43. The van der Waals surface area contributed by atoms with E-state index < -0.39 is 0 Å². The summed E-state index contributed by atoms with van der Waals surface area (Å²) in [5.74, 6) is 1.61. The molecule has 0 aliphatic heterocycles. The van der Waals surface area contributed by atoms with Gasteiger partial charge in [-0.25, -0.2) is 0 Å². The third-order valence-corrected chi connectivity index (χ3v) is 4.52. The number of rotatable bonds is 2. The van der Waals surface area contributed by atoms with Crippen molar-refractivity contribution < 1.29 is 4.52 Å². The van der Waals surface area contributed by atoms with Crippen molar-refractivity contribution in [2.75, 3.05) is 5.73 Å². The number of nitrogens with two attached hydrogens (primary N) is 1. The van der Waals surface area contributed by atoms with E-state index in [4.69, 9.17) is 33.5 Å². The molecule has 0 bridgehead atoms. The Bertz CT molecular complexity index is 649. The molecule has 2 aromatic rings. The van der Waals surface area contributed by atoms with Crippen molar-refractivity contribution in [1.29, 1.82) is 0 Å². The monoisotopic (exact) mass is 296 g/mol. The largest absolute Gasteiger partial charge is 0.380 e. The zero-order valence-electron chi connectivity index (χ0n) is 10.7. The van der Waals surface area contributed by atoms with Crippen LogP contribution in [0.5, 0.6) is 0 Å². The van der Waals surface area contributed by atoms with E-state index in [0.29, 0.717) is 21.8 Å². The SMILES string of the molecule is CC1(C)CC1c1onc(N)c1-c1ccc(Cl)c(Cl)c1. The molecule has 0 radical (unpaired) electrons. The van der Waals surface area contributed by atoms with E-state index in [2.05, 4.69) is 19.0 Å². The second kappa shape index (κ2) is 4.15. The van der Waals surface area contributed by atoms with Crippen LogP contribution in [0.2, 0.25) is 10.0 Å². The lowest BCUT2D eigenvalue weighted by atomic mass is 10.0. The molecular formula is C14H14Cl2N2O. The van der Waals surface area contributed by atoms with Gasteiger partial charge in [0.25, 0.3) is 0 Å². The molecule has 1 heterocycles. The van der Waals surface area contributed by atoms with E-state index in [1.54, 1.807) is 12.1 Å². The molecule has 0 saturated heterocycles. The highest BCUT2D eigenvalue weighted by Crippen LogP contribution is 2.60. The Morgan fingerprint density at radius 1 is 1.32 bits per heavy atom. The molecule has 1 saturated carbocycles. The molecule has 3 nitrogen and oxygen atoms in total. The highest BCUT2D eigenvalue weighted by molar-refractivity contribution is 6.42. The van der Waals surface area contributed by atoms with Crippen LogP contribution < -0.4 is 5.73 Å². The van der Waals surface area contributed by atoms with Gasteiger partial charge in [-0.1, -0.05) is 48.3 Å². The van der Waals surface area contributed by atoms with E-state index in [0.717, 1.165) is 23.3 Å². The van der Waals surface area contributed by atoms with Crippen molar-refractivity contribution in [3.8, 4) is 11.1 Å². The number of aromatic nitrogens is 1. The normalized spacial score (nSPS) is 20.5. The molecule has 0 spiro atoms. The quantitative estimate of drug-likeness (QED) is 0.870. The van der Waals surface area contributed by atoms with Gasteiger partial charge in [-0.2, -0.15) is 0 Å². The van der Waals surface area contributed by atoms with E-state index in [1.165, 1.54) is 0 Å². The van der Waals surface area contributed by atoms with Gasteiger partial charge in [0.1, 0.15) is 5.76 Å². The minimum atomic E-state index is 0.247. The number of hydrogen-bond acceptors (Lipinski definition) is 3. The fourth-order valence-electron chi connectivity index (χ4n) is 2.41. The third kappa shape index (κ3) is 2.11. The maximum Gasteiger partial charge on any atom is 0.175 e. The summed E-state index contributed by atoms with van der Waals surface area (Å²) in [6, 6.07) is 5.44. The topological polar surface area (TPSA) is 52.0 Å². The smallest absolute Gasteiger partial charge is 0.175 e. The van der Waals surface area contributed by atoms with Crippen LogP contribution in [0.25, 0.3) is 11.1 Å². The molecule has 3 rings (SSSR count). The summed E-state index contributed by atoms with van der Waals surface area (Å²) in [5, 5.41) is 4.92. The van der Waals surface area contributed by atoms with E-state index in [1.807, 2.05) is 6.07 Å². The fourth-order valence-corrected chi connectivity index (χ4v) is 2.71. The van der Waals surface area contributed by atoms with Crippen LogP contribution in [0.3, 0.4) is 0 Å². The summed E-state index contributed by atoms with van der Waals surface area (Å²) >= 11 is 12.0. The summed E-state index contributed by atoms with van der Waals surface area (Å²) in [6.45, 7) is 4.41. The van der Waals surface area contributed by atoms with Crippen molar-refractivity contribution in [3.05, 3.63) is 34.0 Å². The van der Waals surface area contributed by atoms with Gasteiger partial charge < -0.3 is 10.3 Å². The van der Waals surface area contributed by atoms with Crippen molar-refractivity contribution in [2.24, 2.45) is 5.41 Å². The summed E-state index contributed by atoms with van der Waals surface area (Å²) in [5.41, 5.74) is 7.92. The van der Waals surface area contributed by atoms with Crippen molar-refractivity contribution in [3.63, 3.8) is 0 Å². The molecule has 1 aromatic heterocycles.